The molecule has 2 aliphatic rings. The molecule has 2 aliphatic carbocycles. The van der Waals surface area contributed by atoms with Gasteiger partial charge in [0.05, 0.1) is 5.92 Å². The van der Waals surface area contributed by atoms with Crippen LogP contribution < -0.4 is 10.6 Å². The zero-order valence-electron chi connectivity index (χ0n) is 18.8. The molecule has 0 spiro atoms. The molecule has 1 fully saturated rings. The van der Waals surface area contributed by atoms with Crippen molar-refractivity contribution >= 4 is 18.0 Å². The molecule has 0 aromatic heterocycles. The van der Waals surface area contributed by atoms with Gasteiger partial charge in [0.25, 0.3) is 0 Å². The van der Waals surface area contributed by atoms with Gasteiger partial charge in [-0.1, -0.05) is 67.8 Å². The summed E-state index contributed by atoms with van der Waals surface area (Å²) in [6.07, 6.45) is 3.44. The van der Waals surface area contributed by atoms with Crippen LogP contribution in [0.1, 0.15) is 56.1 Å². The third-order valence-electron chi connectivity index (χ3n) is 6.73. The van der Waals surface area contributed by atoms with Crippen LogP contribution in [0.5, 0.6) is 0 Å². The quantitative estimate of drug-likeness (QED) is 0.576. The lowest BCUT2D eigenvalue weighted by atomic mass is 9.93. The number of hydrogen-bond acceptors (Lipinski definition) is 4. The minimum Gasteiger partial charge on any atom is -0.480 e. The first-order valence-electron chi connectivity index (χ1n) is 11.6. The van der Waals surface area contributed by atoms with E-state index in [9.17, 15) is 14.4 Å². The standard InChI is InChI=1S/C26H30N2O5/c1-16(25(30)31)27-24(29)21-13-3-2-4-14-23(21)28-26(32)33-15-22-19-11-7-5-9-17(19)18-10-6-8-12-20(18)22/h5-12,16,21-23H,2-4,13-15H2,1H3,(H,27,29)(H,28,32)(H,30,31)/t16?,21-,23+/m1/s1. The number of amides is 2. The van der Waals surface area contributed by atoms with Gasteiger partial charge in [0.2, 0.25) is 5.91 Å². The topological polar surface area (TPSA) is 105 Å². The third kappa shape index (κ3) is 5.02. The molecule has 0 heterocycles. The van der Waals surface area contributed by atoms with Gasteiger partial charge in [0.15, 0.2) is 0 Å². The maximum atomic E-state index is 12.7. The van der Waals surface area contributed by atoms with Crippen LogP contribution in [-0.2, 0) is 14.3 Å². The number of carbonyl (C=O) groups excluding carboxylic acids is 2. The Hall–Kier alpha value is -3.35. The van der Waals surface area contributed by atoms with Gasteiger partial charge in [0.1, 0.15) is 12.6 Å². The molecule has 0 radical (unpaired) electrons. The molecule has 3 atom stereocenters. The summed E-state index contributed by atoms with van der Waals surface area (Å²) >= 11 is 0. The Labute approximate surface area is 193 Å². The molecule has 7 nitrogen and oxygen atoms in total. The summed E-state index contributed by atoms with van der Waals surface area (Å²) in [6.45, 7) is 1.64. The fourth-order valence-electron chi connectivity index (χ4n) is 4.97. The van der Waals surface area contributed by atoms with Gasteiger partial charge in [-0.25, -0.2) is 4.79 Å². The summed E-state index contributed by atoms with van der Waals surface area (Å²) in [5.41, 5.74) is 4.60. The number of carboxylic acids is 1. The molecule has 0 bridgehead atoms. The highest BCUT2D eigenvalue weighted by molar-refractivity contribution is 5.85. The molecule has 2 amide bonds. The monoisotopic (exact) mass is 450 g/mol. The summed E-state index contributed by atoms with van der Waals surface area (Å²) in [6, 6.07) is 14.9. The van der Waals surface area contributed by atoms with Gasteiger partial charge in [-0.2, -0.15) is 0 Å². The lowest BCUT2D eigenvalue weighted by Crippen LogP contribution is -2.49. The smallest absolute Gasteiger partial charge is 0.407 e. The Bertz CT molecular complexity index is 991. The molecule has 2 aromatic carbocycles. The van der Waals surface area contributed by atoms with Crippen molar-refractivity contribution in [3.8, 4) is 11.1 Å². The van der Waals surface area contributed by atoms with Gasteiger partial charge < -0.3 is 20.5 Å². The van der Waals surface area contributed by atoms with Gasteiger partial charge in [0, 0.05) is 12.0 Å². The fraction of sp³-hybridized carbons (Fsp3) is 0.423. The lowest BCUT2D eigenvalue weighted by molar-refractivity contribution is -0.142. The Morgan fingerprint density at radius 3 is 2.21 bits per heavy atom. The highest BCUT2D eigenvalue weighted by Crippen LogP contribution is 2.44. The summed E-state index contributed by atoms with van der Waals surface area (Å²) in [5.74, 6) is -1.93. The number of alkyl carbamates (subject to hydrolysis) is 1. The molecule has 1 unspecified atom stereocenters. The van der Waals surface area contributed by atoms with Crippen molar-refractivity contribution < 1.29 is 24.2 Å². The molecular formula is C26H30N2O5. The molecule has 7 heteroatoms. The molecule has 33 heavy (non-hydrogen) atoms. The van der Waals surface area contributed by atoms with Gasteiger partial charge in [-0.3, -0.25) is 9.59 Å². The second kappa shape index (κ2) is 10.1. The van der Waals surface area contributed by atoms with Crippen LogP contribution in [0.15, 0.2) is 48.5 Å². The van der Waals surface area contributed by atoms with E-state index < -0.39 is 24.0 Å². The first-order chi connectivity index (χ1) is 16.0. The minimum atomic E-state index is -1.09. The van der Waals surface area contributed by atoms with Crippen molar-refractivity contribution in [3.05, 3.63) is 59.7 Å². The van der Waals surface area contributed by atoms with E-state index >= 15 is 0 Å². The number of hydrogen-bond donors (Lipinski definition) is 3. The van der Waals surface area contributed by atoms with E-state index in [2.05, 4.69) is 34.9 Å². The predicted octanol–water partition coefficient (Wildman–Crippen LogP) is 4.06. The first kappa shape index (κ1) is 22.8. The summed E-state index contributed by atoms with van der Waals surface area (Å²) < 4.78 is 5.65. The van der Waals surface area contributed by atoms with Crippen LogP contribution >= 0.6 is 0 Å². The number of rotatable bonds is 6. The van der Waals surface area contributed by atoms with Gasteiger partial charge in [-0.15, -0.1) is 0 Å². The van der Waals surface area contributed by atoms with Crippen LogP contribution in [0.2, 0.25) is 0 Å². The minimum absolute atomic E-state index is 0.0344. The van der Waals surface area contributed by atoms with Crippen molar-refractivity contribution in [1.29, 1.82) is 0 Å². The maximum Gasteiger partial charge on any atom is 0.407 e. The van der Waals surface area contributed by atoms with Crippen molar-refractivity contribution in [2.75, 3.05) is 6.61 Å². The number of benzene rings is 2. The van der Waals surface area contributed by atoms with Crippen LogP contribution in [0.4, 0.5) is 4.79 Å². The van der Waals surface area contributed by atoms with E-state index in [-0.39, 0.29) is 24.5 Å². The van der Waals surface area contributed by atoms with E-state index in [0.717, 1.165) is 41.5 Å². The third-order valence-corrected chi connectivity index (χ3v) is 6.73. The SMILES string of the molecule is CC(NC(=O)[C@@H]1CCCCC[C@@H]1NC(=O)OCC1c2ccccc2-c2ccccc21)C(=O)O. The van der Waals surface area contributed by atoms with E-state index in [1.54, 1.807) is 0 Å². The van der Waals surface area contributed by atoms with Crippen LogP contribution in [0, 0.1) is 5.92 Å². The molecule has 0 saturated heterocycles. The zero-order chi connectivity index (χ0) is 23.4. The van der Waals surface area contributed by atoms with Crippen molar-refractivity contribution in [3.63, 3.8) is 0 Å². The van der Waals surface area contributed by atoms with Crippen molar-refractivity contribution in [1.82, 2.24) is 10.6 Å². The number of carbonyl (C=O) groups is 3. The number of aliphatic carboxylic acids is 1. The molecule has 1 saturated carbocycles. The van der Waals surface area contributed by atoms with Gasteiger partial charge in [-0.05, 0) is 42.0 Å². The molecule has 0 aliphatic heterocycles. The Morgan fingerprint density at radius 2 is 1.58 bits per heavy atom. The lowest BCUT2D eigenvalue weighted by Gasteiger charge is -2.26. The van der Waals surface area contributed by atoms with E-state index in [0.29, 0.717) is 12.8 Å². The first-order valence-corrected chi connectivity index (χ1v) is 11.6. The number of fused-ring (bicyclic) bond motifs is 3. The van der Waals surface area contributed by atoms with E-state index in [1.807, 2.05) is 24.3 Å². The predicted molar refractivity (Wildman–Crippen MR) is 124 cm³/mol. The fourth-order valence-corrected chi connectivity index (χ4v) is 4.97. The Morgan fingerprint density at radius 1 is 0.970 bits per heavy atom. The number of nitrogens with one attached hydrogen (secondary N) is 2. The Kier molecular flexibility index (Phi) is 6.96. The molecule has 2 aromatic rings. The maximum absolute atomic E-state index is 12.7. The second-order valence-electron chi connectivity index (χ2n) is 8.89. The number of carboxylic acid groups (broad SMARTS) is 1. The summed E-state index contributed by atoms with van der Waals surface area (Å²) in [7, 11) is 0. The number of ether oxygens (including phenoxy) is 1. The normalized spacial score (nSPS) is 20.6. The van der Waals surface area contributed by atoms with Crippen LogP contribution in [-0.4, -0.2) is 41.8 Å². The average molecular weight is 451 g/mol. The molecule has 4 rings (SSSR count). The van der Waals surface area contributed by atoms with Gasteiger partial charge >= 0.3 is 12.1 Å². The van der Waals surface area contributed by atoms with Crippen LogP contribution in [0.3, 0.4) is 0 Å². The van der Waals surface area contributed by atoms with E-state index in [1.165, 1.54) is 6.92 Å². The molecular weight excluding hydrogens is 420 g/mol. The average Bonchev–Trinajstić information content (AvgIpc) is 2.94. The summed E-state index contributed by atoms with van der Waals surface area (Å²) in [5, 5.41) is 14.5. The molecule has 3 N–H and O–H groups in total. The summed E-state index contributed by atoms with van der Waals surface area (Å²) in [4.78, 5) is 36.6. The van der Waals surface area contributed by atoms with E-state index in [4.69, 9.17) is 9.84 Å². The highest BCUT2D eigenvalue weighted by Gasteiger charge is 2.33. The highest BCUT2D eigenvalue weighted by atomic mass is 16.5. The largest absolute Gasteiger partial charge is 0.480 e. The van der Waals surface area contributed by atoms with Crippen molar-refractivity contribution in [2.24, 2.45) is 5.92 Å². The van der Waals surface area contributed by atoms with Crippen LogP contribution in [0.25, 0.3) is 11.1 Å². The van der Waals surface area contributed by atoms with Crippen molar-refractivity contribution in [2.45, 2.75) is 57.0 Å². The second-order valence-corrected chi connectivity index (χ2v) is 8.89. The Balaban J connectivity index is 1.41. The molecule has 174 valence electrons. The zero-order valence-corrected chi connectivity index (χ0v) is 18.8.